The zero-order chi connectivity index (χ0) is 13.9. The summed E-state index contributed by atoms with van der Waals surface area (Å²) in [5, 5.41) is 3.01. The van der Waals surface area contributed by atoms with E-state index in [0.29, 0.717) is 31.5 Å². The van der Waals surface area contributed by atoms with Crippen molar-refractivity contribution in [1.29, 1.82) is 0 Å². The highest BCUT2D eigenvalue weighted by Gasteiger charge is 2.05. The molecule has 1 aromatic heterocycles. The molecular formula is C14H25N3O2. The van der Waals surface area contributed by atoms with Crippen LogP contribution < -0.4 is 10.1 Å². The molecule has 0 aliphatic heterocycles. The summed E-state index contributed by atoms with van der Waals surface area (Å²) in [6.07, 6.45) is 4.75. The van der Waals surface area contributed by atoms with Crippen LogP contribution in [0, 0.1) is 0 Å². The minimum absolute atomic E-state index is 0.415. The van der Waals surface area contributed by atoms with Crippen molar-refractivity contribution in [1.82, 2.24) is 9.97 Å². The van der Waals surface area contributed by atoms with Gasteiger partial charge in [-0.25, -0.2) is 4.98 Å². The zero-order valence-electron chi connectivity index (χ0n) is 12.2. The largest absolute Gasteiger partial charge is 0.478 e. The Balaban J connectivity index is 2.50. The molecule has 0 radical (unpaired) electrons. The molecule has 1 heterocycles. The van der Waals surface area contributed by atoms with Crippen LogP contribution in [-0.2, 0) is 11.3 Å². The molecule has 108 valence electrons. The second-order valence-corrected chi connectivity index (χ2v) is 4.30. The fourth-order valence-corrected chi connectivity index (χ4v) is 1.64. The molecule has 0 atom stereocenters. The minimum Gasteiger partial charge on any atom is -0.478 e. The quantitative estimate of drug-likeness (QED) is 0.660. The minimum atomic E-state index is 0.415. The van der Waals surface area contributed by atoms with Gasteiger partial charge in [0, 0.05) is 19.7 Å². The van der Waals surface area contributed by atoms with Crippen LogP contribution in [0.5, 0.6) is 5.88 Å². The summed E-state index contributed by atoms with van der Waals surface area (Å²) in [5.41, 5.74) is 0. The maximum atomic E-state index is 5.67. The third kappa shape index (κ3) is 6.38. The van der Waals surface area contributed by atoms with Crippen LogP contribution in [-0.4, -0.2) is 30.2 Å². The molecule has 0 spiro atoms. The number of anilines is 1. The Morgan fingerprint density at radius 3 is 2.68 bits per heavy atom. The Morgan fingerprint density at radius 2 is 2.00 bits per heavy atom. The first-order valence-electron chi connectivity index (χ1n) is 7.06. The van der Waals surface area contributed by atoms with Crippen molar-refractivity contribution in [3.8, 4) is 5.88 Å². The first-order chi connectivity index (χ1) is 9.30. The molecule has 0 amide bonds. The lowest BCUT2D eigenvalue weighted by Gasteiger charge is -2.09. The Morgan fingerprint density at radius 1 is 1.16 bits per heavy atom. The summed E-state index contributed by atoms with van der Waals surface area (Å²) in [4.78, 5) is 8.66. The number of aromatic nitrogens is 2. The number of ether oxygens (including phenoxy) is 2. The van der Waals surface area contributed by atoms with Crippen molar-refractivity contribution in [3.05, 3.63) is 11.9 Å². The molecule has 0 bridgehead atoms. The van der Waals surface area contributed by atoms with Gasteiger partial charge in [-0.15, -0.1) is 0 Å². The lowest BCUT2D eigenvalue weighted by Crippen LogP contribution is -2.06. The van der Waals surface area contributed by atoms with E-state index in [1.54, 1.807) is 0 Å². The molecule has 1 aromatic rings. The smallest absolute Gasteiger partial charge is 0.218 e. The highest BCUT2D eigenvalue weighted by atomic mass is 16.5. The summed E-state index contributed by atoms with van der Waals surface area (Å²) >= 11 is 0. The van der Waals surface area contributed by atoms with Crippen LogP contribution >= 0.6 is 0 Å². The average Bonchev–Trinajstić information content (AvgIpc) is 2.44. The highest BCUT2D eigenvalue weighted by molar-refractivity contribution is 5.37. The van der Waals surface area contributed by atoms with Gasteiger partial charge >= 0.3 is 0 Å². The van der Waals surface area contributed by atoms with Gasteiger partial charge in [0.15, 0.2) is 5.82 Å². The van der Waals surface area contributed by atoms with Gasteiger partial charge in [-0.1, -0.05) is 26.2 Å². The topological polar surface area (TPSA) is 56.3 Å². The zero-order valence-corrected chi connectivity index (χ0v) is 12.2. The van der Waals surface area contributed by atoms with E-state index in [4.69, 9.17) is 9.47 Å². The lowest BCUT2D eigenvalue weighted by atomic mass is 10.2. The summed E-state index contributed by atoms with van der Waals surface area (Å²) in [6.45, 7) is 5.92. The predicted molar refractivity (Wildman–Crippen MR) is 76.5 cm³/mol. The molecule has 1 N–H and O–H groups in total. The molecule has 5 heteroatoms. The van der Waals surface area contributed by atoms with Crippen LogP contribution in [0.15, 0.2) is 6.07 Å². The van der Waals surface area contributed by atoms with E-state index in [1.807, 2.05) is 20.0 Å². The van der Waals surface area contributed by atoms with E-state index in [1.165, 1.54) is 19.3 Å². The Kier molecular flexibility index (Phi) is 7.89. The predicted octanol–water partition coefficient (Wildman–Crippen LogP) is 3.01. The molecule has 1 rings (SSSR count). The Labute approximate surface area is 115 Å². The summed E-state index contributed by atoms with van der Waals surface area (Å²) in [5.74, 6) is 2.02. The van der Waals surface area contributed by atoms with E-state index in [-0.39, 0.29) is 0 Å². The summed E-state index contributed by atoms with van der Waals surface area (Å²) < 4.78 is 11.0. The van der Waals surface area contributed by atoms with Gasteiger partial charge in [0.1, 0.15) is 12.4 Å². The number of hydrogen-bond donors (Lipinski definition) is 1. The van der Waals surface area contributed by atoms with Crippen molar-refractivity contribution in [2.45, 2.75) is 46.1 Å². The Bertz CT molecular complexity index is 359. The highest BCUT2D eigenvalue weighted by Crippen LogP contribution is 2.14. The van der Waals surface area contributed by atoms with E-state index < -0.39 is 0 Å². The first kappa shape index (κ1) is 15.7. The molecule has 0 aromatic carbocycles. The van der Waals surface area contributed by atoms with Crippen molar-refractivity contribution < 1.29 is 9.47 Å². The average molecular weight is 267 g/mol. The van der Waals surface area contributed by atoms with Crippen LogP contribution in [0.4, 0.5) is 5.82 Å². The van der Waals surface area contributed by atoms with Crippen LogP contribution in [0.3, 0.4) is 0 Å². The van der Waals surface area contributed by atoms with Crippen molar-refractivity contribution in [2.75, 3.05) is 25.6 Å². The molecule has 19 heavy (non-hydrogen) atoms. The normalized spacial score (nSPS) is 10.5. The van der Waals surface area contributed by atoms with E-state index in [0.717, 1.165) is 12.2 Å². The van der Waals surface area contributed by atoms with Crippen molar-refractivity contribution in [2.24, 2.45) is 0 Å². The van der Waals surface area contributed by atoms with Crippen LogP contribution in [0.1, 0.15) is 45.4 Å². The fourth-order valence-electron chi connectivity index (χ4n) is 1.64. The molecule has 0 aliphatic rings. The number of nitrogens with zero attached hydrogens (tertiary/aromatic N) is 2. The van der Waals surface area contributed by atoms with Gasteiger partial charge < -0.3 is 14.8 Å². The van der Waals surface area contributed by atoms with E-state index >= 15 is 0 Å². The third-order valence-electron chi connectivity index (χ3n) is 2.69. The van der Waals surface area contributed by atoms with Gasteiger partial charge in [0.25, 0.3) is 0 Å². The van der Waals surface area contributed by atoms with Gasteiger partial charge in [0.2, 0.25) is 5.88 Å². The molecule has 5 nitrogen and oxygen atoms in total. The van der Waals surface area contributed by atoms with Gasteiger partial charge in [-0.2, -0.15) is 4.98 Å². The monoisotopic (exact) mass is 267 g/mol. The van der Waals surface area contributed by atoms with Crippen molar-refractivity contribution in [3.63, 3.8) is 0 Å². The lowest BCUT2D eigenvalue weighted by molar-refractivity contribution is 0.127. The molecule has 0 unspecified atom stereocenters. The fraction of sp³-hybridized carbons (Fsp3) is 0.714. The number of nitrogens with one attached hydrogen (secondary N) is 1. The molecule has 0 aliphatic carbocycles. The Hall–Kier alpha value is -1.36. The van der Waals surface area contributed by atoms with E-state index in [9.17, 15) is 0 Å². The molecule has 0 saturated carbocycles. The van der Waals surface area contributed by atoms with Gasteiger partial charge in [-0.3, -0.25) is 0 Å². The second kappa shape index (κ2) is 9.55. The molecule has 0 saturated heterocycles. The second-order valence-electron chi connectivity index (χ2n) is 4.30. The number of unbranched alkanes of at least 4 members (excludes halogenated alkanes) is 3. The van der Waals surface area contributed by atoms with Gasteiger partial charge in [0.05, 0.1) is 6.61 Å². The maximum Gasteiger partial charge on any atom is 0.218 e. The number of hydrogen-bond acceptors (Lipinski definition) is 5. The summed E-state index contributed by atoms with van der Waals surface area (Å²) in [7, 11) is 1.83. The summed E-state index contributed by atoms with van der Waals surface area (Å²) in [6, 6.07) is 1.81. The molecular weight excluding hydrogens is 242 g/mol. The first-order valence-corrected chi connectivity index (χ1v) is 7.06. The SMILES string of the molecule is CCCCCCOc1cc(NC)nc(COCC)n1. The van der Waals surface area contributed by atoms with Crippen LogP contribution in [0.2, 0.25) is 0 Å². The maximum absolute atomic E-state index is 5.67. The van der Waals surface area contributed by atoms with E-state index in [2.05, 4.69) is 22.2 Å². The number of rotatable bonds is 10. The van der Waals surface area contributed by atoms with Gasteiger partial charge in [-0.05, 0) is 13.3 Å². The third-order valence-corrected chi connectivity index (χ3v) is 2.69. The molecule has 0 fully saturated rings. The van der Waals surface area contributed by atoms with Crippen LogP contribution in [0.25, 0.3) is 0 Å². The standard InChI is InChI=1S/C14H25N3O2/c1-4-6-7-8-9-19-14-10-12(15-3)16-13(17-14)11-18-5-2/h10H,4-9,11H2,1-3H3,(H,15,16,17). The van der Waals surface area contributed by atoms with Crippen molar-refractivity contribution >= 4 is 5.82 Å².